The van der Waals surface area contributed by atoms with Gasteiger partial charge in [-0.25, -0.2) is 0 Å². The summed E-state index contributed by atoms with van der Waals surface area (Å²) < 4.78 is 15.8. The van der Waals surface area contributed by atoms with Crippen molar-refractivity contribution in [1.82, 2.24) is 4.90 Å². The highest BCUT2D eigenvalue weighted by Gasteiger charge is 2.45. The second kappa shape index (κ2) is 10.3. The first kappa shape index (κ1) is 23.9. The SMILES string of the molecule is COc1ccc(CCN2C(=O)C(=O)/C(=C(\O)c3ccc(OC)c(OC)c3)C2c2ccccc2)cc1. The number of hydrogen-bond acceptors (Lipinski definition) is 6. The Balaban J connectivity index is 1.74. The molecule has 1 fully saturated rings. The number of aliphatic hydroxyl groups is 1. The van der Waals surface area contributed by atoms with Crippen LogP contribution in [-0.4, -0.2) is 49.6 Å². The van der Waals surface area contributed by atoms with Crippen molar-refractivity contribution in [1.29, 1.82) is 0 Å². The van der Waals surface area contributed by atoms with Crippen LogP contribution in [0.4, 0.5) is 0 Å². The van der Waals surface area contributed by atoms with Gasteiger partial charge in [-0.05, 0) is 47.9 Å². The molecule has 7 nitrogen and oxygen atoms in total. The molecule has 1 amide bonds. The zero-order valence-electron chi connectivity index (χ0n) is 19.9. The number of carbonyl (C=O) groups is 2. The second-order valence-corrected chi connectivity index (χ2v) is 8.07. The largest absolute Gasteiger partial charge is 0.507 e. The van der Waals surface area contributed by atoms with Crippen molar-refractivity contribution in [3.05, 3.63) is 95.1 Å². The van der Waals surface area contributed by atoms with Crippen LogP contribution < -0.4 is 14.2 Å². The average Bonchev–Trinajstić information content (AvgIpc) is 3.16. The minimum atomic E-state index is -0.721. The number of likely N-dealkylation sites (tertiary alicyclic amines) is 1. The van der Waals surface area contributed by atoms with Crippen LogP contribution in [0, 0.1) is 0 Å². The Morgan fingerprint density at radius 2 is 1.54 bits per heavy atom. The lowest BCUT2D eigenvalue weighted by Gasteiger charge is -2.25. The lowest BCUT2D eigenvalue weighted by molar-refractivity contribution is -0.139. The van der Waals surface area contributed by atoms with Gasteiger partial charge in [-0.3, -0.25) is 9.59 Å². The van der Waals surface area contributed by atoms with Gasteiger partial charge in [0.05, 0.1) is 32.9 Å². The van der Waals surface area contributed by atoms with Gasteiger partial charge in [0, 0.05) is 12.1 Å². The Kier molecular flexibility index (Phi) is 7.06. The number of Topliss-reactive ketones (excluding diaryl/α,β-unsaturated/α-hetero) is 1. The molecule has 1 unspecified atom stereocenters. The molecule has 35 heavy (non-hydrogen) atoms. The maximum Gasteiger partial charge on any atom is 0.295 e. The third kappa shape index (κ3) is 4.71. The Hall–Kier alpha value is -4.26. The maximum absolute atomic E-state index is 13.2. The van der Waals surface area contributed by atoms with Gasteiger partial charge in [0.2, 0.25) is 0 Å². The first-order valence-electron chi connectivity index (χ1n) is 11.2. The Morgan fingerprint density at radius 3 is 2.17 bits per heavy atom. The molecule has 0 bridgehead atoms. The Labute approximate surface area is 204 Å². The normalized spacial score (nSPS) is 16.9. The van der Waals surface area contributed by atoms with Crippen LogP contribution in [0.2, 0.25) is 0 Å². The molecular weight excluding hydrogens is 446 g/mol. The molecule has 1 aliphatic rings. The Bertz CT molecular complexity index is 1250. The van der Waals surface area contributed by atoms with Crippen LogP contribution in [0.5, 0.6) is 17.2 Å². The summed E-state index contributed by atoms with van der Waals surface area (Å²) in [6.07, 6.45) is 0.538. The predicted octanol–water partition coefficient (Wildman–Crippen LogP) is 4.38. The van der Waals surface area contributed by atoms with Crippen molar-refractivity contribution in [3.8, 4) is 17.2 Å². The number of ether oxygens (including phenoxy) is 3. The van der Waals surface area contributed by atoms with Crippen molar-refractivity contribution < 1.29 is 28.9 Å². The van der Waals surface area contributed by atoms with Gasteiger partial charge in [0.1, 0.15) is 11.5 Å². The number of aliphatic hydroxyl groups excluding tert-OH is 1. The highest BCUT2D eigenvalue weighted by Crippen LogP contribution is 2.40. The van der Waals surface area contributed by atoms with Crippen LogP contribution in [-0.2, 0) is 16.0 Å². The van der Waals surface area contributed by atoms with E-state index in [1.54, 1.807) is 25.3 Å². The van der Waals surface area contributed by atoms with E-state index in [2.05, 4.69) is 0 Å². The summed E-state index contributed by atoms with van der Waals surface area (Å²) >= 11 is 0. The van der Waals surface area contributed by atoms with Crippen molar-refractivity contribution >= 4 is 17.4 Å². The van der Waals surface area contributed by atoms with E-state index in [0.717, 1.165) is 16.9 Å². The molecule has 180 valence electrons. The molecule has 4 rings (SSSR count). The summed E-state index contributed by atoms with van der Waals surface area (Å²) in [6.45, 7) is 0.305. The fraction of sp³-hybridized carbons (Fsp3) is 0.214. The lowest BCUT2D eigenvalue weighted by Crippen LogP contribution is -2.31. The van der Waals surface area contributed by atoms with Crippen molar-refractivity contribution in [2.75, 3.05) is 27.9 Å². The molecule has 1 atom stereocenters. The maximum atomic E-state index is 13.2. The van der Waals surface area contributed by atoms with Crippen LogP contribution >= 0.6 is 0 Å². The second-order valence-electron chi connectivity index (χ2n) is 8.07. The van der Waals surface area contributed by atoms with E-state index in [0.29, 0.717) is 30.0 Å². The molecule has 3 aromatic carbocycles. The van der Waals surface area contributed by atoms with E-state index in [1.165, 1.54) is 19.1 Å². The topological polar surface area (TPSA) is 85.3 Å². The van der Waals surface area contributed by atoms with E-state index in [4.69, 9.17) is 14.2 Å². The fourth-order valence-electron chi connectivity index (χ4n) is 4.27. The number of methoxy groups -OCH3 is 3. The summed E-state index contributed by atoms with van der Waals surface area (Å²) in [5.41, 5.74) is 2.14. The third-order valence-corrected chi connectivity index (χ3v) is 6.11. The van der Waals surface area contributed by atoms with Crippen LogP contribution in [0.25, 0.3) is 5.76 Å². The molecular formula is C28H27NO6. The van der Waals surface area contributed by atoms with Crippen LogP contribution in [0.3, 0.4) is 0 Å². The first-order valence-corrected chi connectivity index (χ1v) is 11.2. The summed E-state index contributed by atoms with van der Waals surface area (Å²) in [6, 6.07) is 20.9. The zero-order valence-corrected chi connectivity index (χ0v) is 19.9. The minimum absolute atomic E-state index is 0.0446. The molecule has 7 heteroatoms. The van der Waals surface area contributed by atoms with Gasteiger partial charge < -0.3 is 24.2 Å². The molecule has 1 aliphatic heterocycles. The number of carbonyl (C=O) groups excluding carboxylic acids is 2. The zero-order chi connectivity index (χ0) is 24.9. The molecule has 0 aliphatic carbocycles. The highest BCUT2D eigenvalue weighted by atomic mass is 16.5. The first-order chi connectivity index (χ1) is 17.0. The van der Waals surface area contributed by atoms with Crippen LogP contribution in [0.1, 0.15) is 22.7 Å². The van der Waals surface area contributed by atoms with Gasteiger partial charge in [-0.15, -0.1) is 0 Å². The quantitative estimate of drug-likeness (QED) is 0.297. The van der Waals surface area contributed by atoms with E-state index in [9.17, 15) is 14.7 Å². The molecule has 0 spiro atoms. The summed E-state index contributed by atoms with van der Waals surface area (Å²) in [7, 11) is 4.61. The highest BCUT2D eigenvalue weighted by molar-refractivity contribution is 6.46. The van der Waals surface area contributed by atoms with Gasteiger partial charge in [-0.2, -0.15) is 0 Å². The van der Waals surface area contributed by atoms with Gasteiger partial charge in [0.25, 0.3) is 11.7 Å². The number of hydrogen-bond donors (Lipinski definition) is 1. The van der Waals surface area contributed by atoms with E-state index in [1.807, 2.05) is 54.6 Å². The Morgan fingerprint density at radius 1 is 0.857 bits per heavy atom. The average molecular weight is 474 g/mol. The van der Waals surface area contributed by atoms with E-state index >= 15 is 0 Å². The molecule has 3 aromatic rings. The van der Waals surface area contributed by atoms with Gasteiger partial charge in [-0.1, -0.05) is 42.5 Å². The smallest absolute Gasteiger partial charge is 0.295 e. The number of ketones is 1. The van der Waals surface area contributed by atoms with E-state index < -0.39 is 17.7 Å². The predicted molar refractivity (Wildman–Crippen MR) is 132 cm³/mol. The summed E-state index contributed by atoms with van der Waals surface area (Å²) in [5.74, 6) is 0.0129. The minimum Gasteiger partial charge on any atom is -0.507 e. The lowest BCUT2D eigenvalue weighted by atomic mass is 9.95. The van der Waals surface area contributed by atoms with Crippen molar-refractivity contribution in [2.45, 2.75) is 12.5 Å². The number of benzene rings is 3. The van der Waals surface area contributed by atoms with Gasteiger partial charge in [0.15, 0.2) is 11.5 Å². The molecule has 0 radical (unpaired) electrons. The molecule has 1 heterocycles. The molecule has 0 saturated carbocycles. The molecule has 0 aromatic heterocycles. The third-order valence-electron chi connectivity index (χ3n) is 6.11. The van der Waals surface area contributed by atoms with E-state index in [-0.39, 0.29) is 11.3 Å². The molecule has 1 N–H and O–H groups in total. The van der Waals surface area contributed by atoms with Crippen molar-refractivity contribution in [3.63, 3.8) is 0 Å². The molecule has 1 saturated heterocycles. The standard InChI is InChI=1S/C28H27NO6/c1-33-21-12-9-18(10-13-21)15-16-29-25(19-7-5-4-6-8-19)24(27(31)28(29)32)26(30)20-11-14-22(34-2)23(17-20)35-3/h4-14,17,25,30H,15-16H2,1-3H3/b26-24-. The summed E-state index contributed by atoms with van der Waals surface area (Å²) in [4.78, 5) is 27.9. The number of nitrogens with zero attached hydrogens (tertiary/aromatic N) is 1. The summed E-state index contributed by atoms with van der Waals surface area (Å²) in [5, 5.41) is 11.3. The van der Waals surface area contributed by atoms with Gasteiger partial charge >= 0.3 is 0 Å². The van der Waals surface area contributed by atoms with Crippen LogP contribution in [0.15, 0.2) is 78.4 Å². The number of amides is 1. The monoisotopic (exact) mass is 473 g/mol. The number of rotatable bonds is 8. The van der Waals surface area contributed by atoms with Crippen molar-refractivity contribution in [2.24, 2.45) is 0 Å². The fourth-order valence-corrected chi connectivity index (χ4v) is 4.27.